The molecule has 0 saturated heterocycles. The van der Waals surface area contributed by atoms with E-state index in [-0.39, 0.29) is 6.04 Å². The van der Waals surface area contributed by atoms with Crippen LogP contribution >= 0.6 is 27.5 Å². The molecule has 0 aliphatic carbocycles. The van der Waals surface area contributed by atoms with Crippen molar-refractivity contribution in [3.63, 3.8) is 0 Å². The fourth-order valence-corrected chi connectivity index (χ4v) is 2.48. The van der Waals surface area contributed by atoms with Crippen LogP contribution in [-0.2, 0) is 0 Å². The molecule has 4 heteroatoms. The number of anilines is 1. The van der Waals surface area contributed by atoms with Crippen LogP contribution < -0.4 is 5.32 Å². The van der Waals surface area contributed by atoms with Gasteiger partial charge < -0.3 is 5.32 Å². The predicted octanol–water partition coefficient (Wildman–Crippen LogP) is 5.15. The third kappa shape index (κ3) is 3.28. The third-order valence-electron chi connectivity index (χ3n) is 2.85. The zero-order valence-corrected chi connectivity index (χ0v) is 12.7. The van der Waals surface area contributed by atoms with Gasteiger partial charge in [-0.1, -0.05) is 45.7 Å². The highest BCUT2D eigenvalue weighted by Gasteiger charge is 2.10. The molecule has 0 aliphatic heterocycles. The first-order valence-corrected chi connectivity index (χ1v) is 6.99. The highest BCUT2D eigenvalue weighted by Crippen LogP contribution is 2.27. The second kappa shape index (κ2) is 6.10. The number of hydrogen-bond acceptors (Lipinski definition) is 2. The quantitative estimate of drug-likeness (QED) is 0.842. The Morgan fingerprint density at radius 2 is 2.00 bits per heavy atom. The summed E-state index contributed by atoms with van der Waals surface area (Å²) in [5, 5.41) is 12.9. The van der Waals surface area contributed by atoms with Crippen LogP contribution in [0, 0.1) is 11.3 Å². The first kappa shape index (κ1) is 13.9. The summed E-state index contributed by atoms with van der Waals surface area (Å²) in [6, 6.07) is 15.7. The maximum atomic E-state index is 9.14. The number of benzene rings is 2. The van der Waals surface area contributed by atoms with Crippen molar-refractivity contribution in [2.45, 2.75) is 13.0 Å². The summed E-state index contributed by atoms with van der Waals surface area (Å²) in [7, 11) is 0. The van der Waals surface area contributed by atoms with E-state index >= 15 is 0 Å². The fourth-order valence-electron chi connectivity index (χ4n) is 1.85. The average molecular weight is 336 g/mol. The van der Waals surface area contributed by atoms with Crippen LogP contribution in [0.5, 0.6) is 0 Å². The van der Waals surface area contributed by atoms with Gasteiger partial charge in [-0.3, -0.25) is 0 Å². The van der Waals surface area contributed by atoms with Gasteiger partial charge >= 0.3 is 0 Å². The van der Waals surface area contributed by atoms with Crippen LogP contribution in [0.4, 0.5) is 5.69 Å². The van der Waals surface area contributed by atoms with E-state index in [4.69, 9.17) is 16.9 Å². The van der Waals surface area contributed by atoms with E-state index in [0.717, 1.165) is 15.7 Å². The lowest BCUT2D eigenvalue weighted by Gasteiger charge is -2.17. The third-order valence-corrected chi connectivity index (χ3v) is 3.65. The number of rotatable bonds is 3. The molecule has 0 radical (unpaired) electrons. The van der Waals surface area contributed by atoms with Crippen molar-refractivity contribution in [3.8, 4) is 6.07 Å². The Kier molecular flexibility index (Phi) is 4.47. The highest BCUT2D eigenvalue weighted by atomic mass is 79.9. The molecule has 2 rings (SSSR count). The number of nitrogens with zero attached hydrogens (tertiary/aromatic N) is 1. The average Bonchev–Trinajstić information content (AvgIpc) is 2.39. The Bertz CT molecular complexity index is 634. The van der Waals surface area contributed by atoms with E-state index in [1.54, 1.807) is 6.07 Å². The zero-order chi connectivity index (χ0) is 13.8. The number of hydrogen-bond donors (Lipinski definition) is 1. The van der Waals surface area contributed by atoms with Crippen LogP contribution in [0.1, 0.15) is 24.1 Å². The molecule has 0 saturated carbocycles. The molecule has 0 amide bonds. The molecule has 1 unspecified atom stereocenters. The summed E-state index contributed by atoms with van der Waals surface area (Å²) >= 11 is 9.47. The first-order valence-electron chi connectivity index (χ1n) is 5.82. The molecule has 0 aromatic heterocycles. The molecular weight excluding hydrogens is 324 g/mol. The molecule has 1 atom stereocenters. The van der Waals surface area contributed by atoms with Crippen molar-refractivity contribution in [2.24, 2.45) is 0 Å². The second-order valence-corrected chi connectivity index (χ2v) is 5.52. The Balaban J connectivity index is 2.27. The molecule has 0 fully saturated rings. The van der Waals surface area contributed by atoms with Gasteiger partial charge in [0.2, 0.25) is 0 Å². The predicted molar refractivity (Wildman–Crippen MR) is 82.3 cm³/mol. The van der Waals surface area contributed by atoms with Crippen molar-refractivity contribution in [1.82, 2.24) is 0 Å². The lowest BCUT2D eigenvalue weighted by atomic mass is 10.1. The Morgan fingerprint density at radius 3 is 2.68 bits per heavy atom. The minimum atomic E-state index is 0.0862. The fraction of sp³-hybridized carbons (Fsp3) is 0.133. The van der Waals surface area contributed by atoms with Gasteiger partial charge in [-0.25, -0.2) is 0 Å². The number of halogens is 2. The van der Waals surface area contributed by atoms with E-state index in [1.807, 2.05) is 43.3 Å². The highest BCUT2D eigenvalue weighted by molar-refractivity contribution is 9.10. The topological polar surface area (TPSA) is 35.8 Å². The van der Waals surface area contributed by atoms with Crippen molar-refractivity contribution < 1.29 is 0 Å². The molecule has 0 aliphatic rings. The van der Waals surface area contributed by atoms with Gasteiger partial charge in [0.05, 0.1) is 16.3 Å². The van der Waals surface area contributed by atoms with E-state index in [9.17, 15) is 0 Å². The molecule has 0 spiro atoms. The van der Waals surface area contributed by atoms with Crippen molar-refractivity contribution in [3.05, 3.63) is 63.1 Å². The molecule has 2 aromatic carbocycles. The summed E-state index contributed by atoms with van der Waals surface area (Å²) in [5.41, 5.74) is 2.37. The van der Waals surface area contributed by atoms with Gasteiger partial charge in [0.15, 0.2) is 0 Å². The molecule has 0 bridgehead atoms. The van der Waals surface area contributed by atoms with E-state index < -0.39 is 0 Å². The van der Waals surface area contributed by atoms with E-state index in [1.165, 1.54) is 0 Å². The lowest BCUT2D eigenvalue weighted by Crippen LogP contribution is -2.07. The minimum Gasteiger partial charge on any atom is -0.377 e. The minimum absolute atomic E-state index is 0.0862. The summed E-state index contributed by atoms with van der Waals surface area (Å²) in [5.74, 6) is 0. The summed E-state index contributed by atoms with van der Waals surface area (Å²) < 4.78 is 1.03. The van der Waals surface area contributed by atoms with Gasteiger partial charge in [0.25, 0.3) is 0 Å². The number of nitrogens with one attached hydrogen (secondary N) is 1. The van der Waals surface area contributed by atoms with E-state index in [0.29, 0.717) is 10.6 Å². The Labute approximate surface area is 126 Å². The normalized spacial score (nSPS) is 11.7. The van der Waals surface area contributed by atoms with Crippen LogP contribution in [0.25, 0.3) is 0 Å². The van der Waals surface area contributed by atoms with Crippen molar-refractivity contribution in [1.29, 1.82) is 5.26 Å². The summed E-state index contributed by atoms with van der Waals surface area (Å²) in [6.45, 7) is 2.05. The van der Waals surface area contributed by atoms with Crippen LogP contribution in [-0.4, -0.2) is 0 Å². The summed E-state index contributed by atoms with van der Waals surface area (Å²) in [4.78, 5) is 0. The van der Waals surface area contributed by atoms with Crippen LogP contribution in [0.2, 0.25) is 5.02 Å². The van der Waals surface area contributed by atoms with Gasteiger partial charge in [-0.2, -0.15) is 5.26 Å². The molecule has 0 heterocycles. The molecule has 19 heavy (non-hydrogen) atoms. The maximum Gasteiger partial charge on any atom is 0.103 e. The van der Waals surface area contributed by atoms with Crippen LogP contribution in [0.3, 0.4) is 0 Å². The maximum absolute atomic E-state index is 9.14. The van der Waals surface area contributed by atoms with Crippen molar-refractivity contribution >= 4 is 33.2 Å². The molecule has 96 valence electrons. The lowest BCUT2D eigenvalue weighted by molar-refractivity contribution is 0.883. The smallest absolute Gasteiger partial charge is 0.103 e. The molecule has 2 aromatic rings. The summed E-state index contributed by atoms with van der Waals surface area (Å²) in [6.07, 6.45) is 0. The van der Waals surface area contributed by atoms with Gasteiger partial charge in [-0.15, -0.1) is 0 Å². The van der Waals surface area contributed by atoms with Gasteiger partial charge in [0, 0.05) is 10.5 Å². The Morgan fingerprint density at radius 1 is 1.26 bits per heavy atom. The number of nitriles is 1. The molecule has 2 nitrogen and oxygen atoms in total. The SMILES string of the molecule is CC(Nc1cccc(Cl)c1C#N)c1cccc(Br)c1. The van der Waals surface area contributed by atoms with Gasteiger partial charge in [-0.05, 0) is 36.8 Å². The largest absolute Gasteiger partial charge is 0.377 e. The second-order valence-electron chi connectivity index (χ2n) is 4.20. The molecular formula is C15H12BrClN2. The van der Waals surface area contributed by atoms with Crippen molar-refractivity contribution in [2.75, 3.05) is 5.32 Å². The van der Waals surface area contributed by atoms with E-state index in [2.05, 4.69) is 27.3 Å². The van der Waals surface area contributed by atoms with Gasteiger partial charge in [0.1, 0.15) is 6.07 Å². The standard InChI is InChI=1S/C15H12BrClN2/c1-10(11-4-2-5-12(16)8-11)19-15-7-3-6-14(17)13(15)9-18/h2-8,10,19H,1H3. The molecule has 1 N–H and O–H groups in total. The first-order chi connectivity index (χ1) is 9.11. The Hall–Kier alpha value is -1.50. The van der Waals surface area contributed by atoms with Crippen LogP contribution in [0.15, 0.2) is 46.9 Å². The zero-order valence-electron chi connectivity index (χ0n) is 10.3. The monoisotopic (exact) mass is 334 g/mol.